The second kappa shape index (κ2) is 6.97. The van der Waals surface area contributed by atoms with Crippen LogP contribution in [0.5, 0.6) is 5.75 Å². The highest BCUT2D eigenvalue weighted by Gasteiger charge is 2.15. The minimum atomic E-state index is -0.175. The van der Waals surface area contributed by atoms with E-state index in [4.69, 9.17) is 4.74 Å². The Labute approximate surface area is 139 Å². The molecule has 116 valence electrons. The van der Waals surface area contributed by atoms with Gasteiger partial charge in [-0.2, -0.15) is 0 Å². The first-order chi connectivity index (χ1) is 10.4. The Balaban J connectivity index is 2.32. The summed E-state index contributed by atoms with van der Waals surface area (Å²) < 4.78 is 6.57. The molecule has 2 aromatic rings. The molecule has 3 nitrogen and oxygen atoms in total. The average Bonchev–Trinajstić information content (AvgIpc) is 2.45. The summed E-state index contributed by atoms with van der Waals surface area (Å²) in [5.41, 5.74) is 3.55. The van der Waals surface area contributed by atoms with Gasteiger partial charge in [-0.15, -0.1) is 0 Å². The topological polar surface area (TPSA) is 38.3 Å². The number of carbonyl (C=O) groups excluding carboxylic acids is 1. The average molecular weight is 362 g/mol. The van der Waals surface area contributed by atoms with Crippen molar-refractivity contribution < 1.29 is 9.53 Å². The standard InChI is InChI=1S/C18H20BrNO2/c1-11(2)22-17-9-8-14(19)10-15(17)18(21)20-16-7-5-6-12(3)13(16)4/h5-11H,1-4H3,(H,20,21). The largest absolute Gasteiger partial charge is 0.490 e. The highest BCUT2D eigenvalue weighted by Crippen LogP contribution is 2.26. The second-order valence-electron chi connectivity index (χ2n) is 5.51. The van der Waals surface area contributed by atoms with Gasteiger partial charge < -0.3 is 10.1 Å². The van der Waals surface area contributed by atoms with Crippen molar-refractivity contribution in [3.8, 4) is 5.75 Å². The van der Waals surface area contributed by atoms with Crippen LogP contribution in [0.1, 0.15) is 35.3 Å². The summed E-state index contributed by atoms with van der Waals surface area (Å²) in [6.45, 7) is 7.90. The first kappa shape index (κ1) is 16.6. The summed E-state index contributed by atoms with van der Waals surface area (Å²) in [6.07, 6.45) is 0.00781. The lowest BCUT2D eigenvalue weighted by Gasteiger charge is -2.15. The van der Waals surface area contributed by atoms with E-state index in [9.17, 15) is 4.79 Å². The Kier molecular flexibility index (Phi) is 5.24. The van der Waals surface area contributed by atoms with Crippen molar-refractivity contribution >= 4 is 27.5 Å². The van der Waals surface area contributed by atoms with E-state index in [1.165, 1.54) is 0 Å². The maximum Gasteiger partial charge on any atom is 0.259 e. The molecule has 0 aromatic heterocycles. The number of nitrogens with one attached hydrogen (secondary N) is 1. The normalized spacial score (nSPS) is 10.6. The lowest BCUT2D eigenvalue weighted by atomic mass is 10.1. The smallest absolute Gasteiger partial charge is 0.259 e. The number of rotatable bonds is 4. The van der Waals surface area contributed by atoms with Gasteiger partial charge >= 0.3 is 0 Å². The van der Waals surface area contributed by atoms with Gasteiger partial charge in [-0.05, 0) is 63.1 Å². The summed E-state index contributed by atoms with van der Waals surface area (Å²) in [5, 5.41) is 2.97. The summed E-state index contributed by atoms with van der Waals surface area (Å²) in [7, 11) is 0. The number of aryl methyl sites for hydroxylation is 1. The Morgan fingerprint density at radius 1 is 1.18 bits per heavy atom. The highest BCUT2D eigenvalue weighted by molar-refractivity contribution is 9.10. The van der Waals surface area contributed by atoms with Crippen molar-refractivity contribution in [2.24, 2.45) is 0 Å². The molecule has 0 aliphatic carbocycles. The summed E-state index contributed by atoms with van der Waals surface area (Å²) >= 11 is 3.41. The lowest BCUT2D eigenvalue weighted by molar-refractivity contribution is 0.102. The number of halogens is 1. The van der Waals surface area contributed by atoms with Crippen LogP contribution < -0.4 is 10.1 Å². The Morgan fingerprint density at radius 2 is 1.91 bits per heavy atom. The molecule has 4 heteroatoms. The number of amides is 1. The van der Waals surface area contributed by atoms with Crippen LogP contribution in [0.25, 0.3) is 0 Å². The zero-order chi connectivity index (χ0) is 16.3. The molecule has 0 saturated carbocycles. The molecule has 0 atom stereocenters. The van der Waals surface area contributed by atoms with Crippen LogP contribution in [0.15, 0.2) is 40.9 Å². The van der Waals surface area contributed by atoms with Gasteiger partial charge in [-0.25, -0.2) is 0 Å². The molecule has 22 heavy (non-hydrogen) atoms. The quantitative estimate of drug-likeness (QED) is 0.821. The van der Waals surface area contributed by atoms with Gasteiger partial charge in [0.25, 0.3) is 5.91 Å². The van der Waals surface area contributed by atoms with Crippen LogP contribution in [0.4, 0.5) is 5.69 Å². The van der Waals surface area contributed by atoms with Crippen molar-refractivity contribution in [1.82, 2.24) is 0 Å². The molecule has 0 aliphatic heterocycles. The van der Waals surface area contributed by atoms with E-state index in [1.54, 1.807) is 6.07 Å². The van der Waals surface area contributed by atoms with Crippen molar-refractivity contribution in [2.45, 2.75) is 33.8 Å². The van der Waals surface area contributed by atoms with Gasteiger partial charge in [-0.1, -0.05) is 28.1 Å². The number of carbonyl (C=O) groups is 1. The van der Waals surface area contributed by atoms with Gasteiger partial charge in [0.2, 0.25) is 0 Å². The summed E-state index contributed by atoms with van der Waals surface area (Å²) in [5.74, 6) is 0.409. The van der Waals surface area contributed by atoms with E-state index in [-0.39, 0.29) is 12.0 Å². The van der Waals surface area contributed by atoms with Crippen LogP contribution in [0, 0.1) is 13.8 Å². The van der Waals surface area contributed by atoms with Gasteiger partial charge in [0.1, 0.15) is 5.75 Å². The van der Waals surface area contributed by atoms with Crippen molar-refractivity contribution in [3.63, 3.8) is 0 Å². The molecule has 1 N–H and O–H groups in total. The SMILES string of the molecule is Cc1cccc(NC(=O)c2cc(Br)ccc2OC(C)C)c1C. The molecule has 0 heterocycles. The van der Waals surface area contributed by atoms with Crippen LogP contribution in [0.3, 0.4) is 0 Å². The van der Waals surface area contributed by atoms with Crippen molar-refractivity contribution in [3.05, 3.63) is 57.6 Å². The monoisotopic (exact) mass is 361 g/mol. The van der Waals surface area contributed by atoms with Crippen LogP contribution in [-0.4, -0.2) is 12.0 Å². The van der Waals surface area contributed by atoms with Crippen molar-refractivity contribution in [1.29, 1.82) is 0 Å². The zero-order valence-electron chi connectivity index (χ0n) is 13.2. The first-order valence-electron chi connectivity index (χ1n) is 7.22. The van der Waals surface area contributed by atoms with E-state index in [0.29, 0.717) is 11.3 Å². The fraction of sp³-hybridized carbons (Fsp3) is 0.278. The molecule has 0 saturated heterocycles. The molecule has 1 amide bonds. The van der Waals surface area contributed by atoms with Gasteiger partial charge in [0.15, 0.2) is 0 Å². The predicted molar refractivity (Wildman–Crippen MR) is 93.8 cm³/mol. The molecule has 0 fully saturated rings. The Bertz CT molecular complexity index is 695. The lowest BCUT2D eigenvalue weighted by Crippen LogP contribution is -2.16. The van der Waals surface area contributed by atoms with E-state index >= 15 is 0 Å². The molecular weight excluding hydrogens is 342 g/mol. The number of anilines is 1. The van der Waals surface area contributed by atoms with E-state index in [0.717, 1.165) is 21.3 Å². The Morgan fingerprint density at radius 3 is 2.59 bits per heavy atom. The number of hydrogen-bond donors (Lipinski definition) is 1. The van der Waals surface area contributed by atoms with Crippen LogP contribution in [-0.2, 0) is 0 Å². The van der Waals surface area contributed by atoms with E-state index in [2.05, 4.69) is 21.2 Å². The molecule has 0 aliphatic rings. The third-order valence-electron chi connectivity index (χ3n) is 3.40. The van der Waals surface area contributed by atoms with Crippen molar-refractivity contribution in [2.75, 3.05) is 5.32 Å². The fourth-order valence-electron chi connectivity index (χ4n) is 2.11. The van der Waals surface area contributed by atoms with E-state index in [1.807, 2.05) is 58.0 Å². The predicted octanol–water partition coefficient (Wildman–Crippen LogP) is 5.11. The minimum Gasteiger partial charge on any atom is -0.490 e. The van der Waals surface area contributed by atoms with Crippen LogP contribution >= 0.6 is 15.9 Å². The number of benzene rings is 2. The third kappa shape index (κ3) is 3.89. The van der Waals surface area contributed by atoms with Gasteiger partial charge in [-0.3, -0.25) is 4.79 Å². The van der Waals surface area contributed by atoms with Gasteiger partial charge in [0, 0.05) is 10.2 Å². The van der Waals surface area contributed by atoms with Crippen LogP contribution in [0.2, 0.25) is 0 Å². The summed E-state index contributed by atoms with van der Waals surface area (Å²) in [6, 6.07) is 11.3. The second-order valence-corrected chi connectivity index (χ2v) is 6.42. The molecule has 2 rings (SSSR count). The first-order valence-corrected chi connectivity index (χ1v) is 8.01. The maximum absolute atomic E-state index is 12.6. The van der Waals surface area contributed by atoms with E-state index < -0.39 is 0 Å². The minimum absolute atomic E-state index is 0.00781. The molecule has 2 aromatic carbocycles. The molecule has 0 bridgehead atoms. The zero-order valence-corrected chi connectivity index (χ0v) is 14.8. The maximum atomic E-state index is 12.6. The summed E-state index contributed by atoms with van der Waals surface area (Å²) in [4.78, 5) is 12.6. The Hall–Kier alpha value is -1.81. The molecule has 0 spiro atoms. The third-order valence-corrected chi connectivity index (χ3v) is 3.89. The number of ether oxygens (including phenoxy) is 1. The fourth-order valence-corrected chi connectivity index (χ4v) is 2.47. The van der Waals surface area contributed by atoms with Gasteiger partial charge in [0.05, 0.1) is 11.7 Å². The molecular formula is C18H20BrNO2. The molecule has 0 unspecified atom stereocenters. The number of hydrogen-bond acceptors (Lipinski definition) is 2. The molecule has 0 radical (unpaired) electrons. The highest BCUT2D eigenvalue weighted by atomic mass is 79.9.